The number of nitrogens with one attached hydrogen (secondary N) is 4. The zero-order chi connectivity index (χ0) is 30.3. The second kappa shape index (κ2) is 11.4. The van der Waals surface area contributed by atoms with Crippen LogP contribution in [0.3, 0.4) is 0 Å². The fourth-order valence-electron chi connectivity index (χ4n) is 5.72. The summed E-state index contributed by atoms with van der Waals surface area (Å²) in [4.78, 5) is 67.1. The molecule has 2 heterocycles. The number of rotatable bonds is 9. The number of amides is 5. The SMILES string of the molecule is CC(C)(C)OC(=O)N[C@H](C(=O)N1CC2(CC2)C[C@H]1C(=O)N[C@@H](C[C@@H]1CCNC1=O)C(O)C(=O)NC1CC1)C(C)(C)C. The van der Waals surface area contributed by atoms with Crippen LogP contribution in [0.5, 0.6) is 0 Å². The molecule has 2 saturated heterocycles. The van der Waals surface area contributed by atoms with E-state index in [1.54, 1.807) is 20.8 Å². The molecule has 0 radical (unpaired) electrons. The molecule has 2 aliphatic heterocycles. The van der Waals surface area contributed by atoms with E-state index >= 15 is 0 Å². The van der Waals surface area contributed by atoms with E-state index in [-0.39, 0.29) is 29.7 Å². The van der Waals surface area contributed by atoms with Gasteiger partial charge in [0.25, 0.3) is 5.91 Å². The van der Waals surface area contributed by atoms with Crippen molar-refractivity contribution in [2.24, 2.45) is 16.7 Å². The Bertz CT molecular complexity index is 1060. The van der Waals surface area contributed by atoms with Gasteiger partial charge >= 0.3 is 6.09 Å². The average molecular weight is 578 g/mol. The molecule has 12 heteroatoms. The Balaban J connectivity index is 1.52. The van der Waals surface area contributed by atoms with Gasteiger partial charge < -0.3 is 36.0 Å². The summed E-state index contributed by atoms with van der Waals surface area (Å²) in [5.41, 5.74) is -1.58. The summed E-state index contributed by atoms with van der Waals surface area (Å²) in [6, 6.07) is -2.77. The van der Waals surface area contributed by atoms with E-state index in [2.05, 4.69) is 21.3 Å². The third-order valence-electron chi connectivity index (χ3n) is 8.43. The van der Waals surface area contributed by atoms with E-state index in [9.17, 15) is 29.1 Å². The fraction of sp³-hybridized carbons (Fsp3) is 0.828. The van der Waals surface area contributed by atoms with Gasteiger partial charge in [-0.1, -0.05) is 20.8 Å². The molecule has 5 atom stereocenters. The maximum absolute atomic E-state index is 14.0. The molecule has 1 unspecified atom stereocenters. The molecule has 12 nitrogen and oxygen atoms in total. The number of hydrogen-bond acceptors (Lipinski definition) is 7. The Morgan fingerprint density at radius 2 is 1.73 bits per heavy atom. The number of hydrogen-bond donors (Lipinski definition) is 5. The molecular formula is C29H47N5O7. The molecule has 5 N–H and O–H groups in total. The van der Waals surface area contributed by atoms with E-state index in [0.717, 1.165) is 25.7 Å². The normalized spacial score (nSPS) is 25.6. The number of carbonyl (C=O) groups excluding carboxylic acids is 5. The molecule has 0 aromatic heterocycles. The van der Waals surface area contributed by atoms with Gasteiger partial charge in [-0.15, -0.1) is 0 Å². The third kappa shape index (κ3) is 7.90. The van der Waals surface area contributed by atoms with E-state index in [0.29, 0.717) is 25.9 Å². The van der Waals surface area contributed by atoms with E-state index < -0.39 is 59.1 Å². The van der Waals surface area contributed by atoms with Crippen LogP contribution in [0.4, 0.5) is 4.79 Å². The number of nitrogens with zero attached hydrogens (tertiary/aromatic N) is 1. The molecule has 41 heavy (non-hydrogen) atoms. The lowest BCUT2D eigenvalue weighted by Gasteiger charge is -2.36. The lowest BCUT2D eigenvalue weighted by Crippen LogP contribution is -2.60. The van der Waals surface area contributed by atoms with Gasteiger partial charge in [0.05, 0.1) is 6.04 Å². The predicted molar refractivity (Wildman–Crippen MR) is 149 cm³/mol. The zero-order valence-electron chi connectivity index (χ0n) is 25.2. The Morgan fingerprint density at radius 1 is 1.07 bits per heavy atom. The minimum atomic E-state index is -1.54. The molecule has 230 valence electrons. The van der Waals surface area contributed by atoms with Crippen LogP contribution in [-0.4, -0.2) is 88.7 Å². The van der Waals surface area contributed by atoms with Crippen molar-refractivity contribution < 1.29 is 33.8 Å². The first-order valence-electron chi connectivity index (χ1n) is 14.8. The molecule has 0 aromatic carbocycles. The van der Waals surface area contributed by atoms with Crippen LogP contribution in [0.15, 0.2) is 0 Å². The van der Waals surface area contributed by atoms with Crippen LogP contribution < -0.4 is 21.3 Å². The molecule has 5 amide bonds. The van der Waals surface area contributed by atoms with Crippen molar-refractivity contribution in [3.05, 3.63) is 0 Å². The zero-order valence-corrected chi connectivity index (χ0v) is 25.2. The fourth-order valence-corrected chi connectivity index (χ4v) is 5.72. The molecule has 2 aliphatic carbocycles. The van der Waals surface area contributed by atoms with E-state index in [4.69, 9.17) is 4.74 Å². The van der Waals surface area contributed by atoms with Gasteiger partial charge in [0, 0.05) is 25.0 Å². The van der Waals surface area contributed by atoms with Gasteiger partial charge in [0.1, 0.15) is 17.7 Å². The van der Waals surface area contributed by atoms with Crippen LogP contribution in [0.1, 0.15) is 86.5 Å². The molecule has 2 saturated carbocycles. The lowest BCUT2D eigenvalue weighted by molar-refractivity contribution is -0.143. The first-order valence-corrected chi connectivity index (χ1v) is 14.8. The summed E-state index contributed by atoms with van der Waals surface area (Å²) in [6.07, 6.45) is 2.31. The van der Waals surface area contributed by atoms with E-state index in [1.807, 2.05) is 20.8 Å². The molecule has 4 aliphatic rings. The smallest absolute Gasteiger partial charge is 0.408 e. The van der Waals surface area contributed by atoms with Gasteiger partial charge in [-0.2, -0.15) is 0 Å². The highest BCUT2D eigenvalue weighted by Crippen LogP contribution is 2.55. The van der Waals surface area contributed by atoms with Crippen molar-refractivity contribution in [3.63, 3.8) is 0 Å². The monoisotopic (exact) mass is 577 g/mol. The van der Waals surface area contributed by atoms with Crippen LogP contribution >= 0.6 is 0 Å². The first kappa shape index (κ1) is 31.1. The van der Waals surface area contributed by atoms with Crippen molar-refractivity contribution >= 4 is 29.7 Å². The lowest BCUT2D eigenvalue weighted by atomic mass is 9.85. The molecule has 0 aromatic rings. The van der Waals surface area contributed by atoms with Gasteiger partial charge in [0.2, 0.25) is 17.7 Å². The summed E-state index contributed by atoms with van der Waals surface area (Å²) in [6.45, 7) is 11.6. The van der Waals surface area contributed by atoms with Crippen molar-refractivity contribution in [2.45, 2.75) is 122 Å². The number of carbonyl (C=O) groups is 5. The largest absolute Gasteiger partial charge is 0.444 e. The second-order valence-electron chi connectivity index (χ2n) is 14.5. The molecule has 4 rings (SSSR count). The molecule has 4 fully saturated rings. The Morgan fingerprint density at radius 3 is 2.24 bits per heavy atom. The first-order chi connectivity index (χ1) is 19.0. The Labute approximate surface area is 242 Å². The predicted octanol–water partition coefficient (Wildman–Crippen LogP) is 0.957. The van der Waals surface area contributed by atoms with Gasteiger partial charge in [-0.25, -0.2) is 4.79 Å². The van der Waals surface area contributed by atoms with Gasteiger partial charge in [-0.05, 0) is 76.5 Å². The summed E-state index contributed by atoms with van der Waals surface area (Å²) in [5, 5.41) is 22.1. The summed E-state index contributed by atoms with van der Waals surface area (Å²) in [7, 11) is 0. The number of aliphatic hydroxyl groups excluding tert-OH is 1. The standard InChI is InChI=1S/C29H47N5O7/c1-27(2,3)21(33-26(40)41-28(4,5)6)25(39)34-15-29(10-11-29)14-19(34)23(37)32-18(13-16-9-12-30-22(16)36)20(35)24(38)31-17-7-8-17/h16-21,35H,7-15H2,1-6H3,(H,30,36)(H,31,38)(H,32,37)(H,33,40)/t16-,18-,19-,20?,21+/m0/s1. The minimum absolute atomic E-state index is 0.0211. The maximum Gasteiger partial charge on any atom is 0.408 e. The average Bonchev–Trinajstić information content (AvgIpc) is 3.74. The second-order valence-corrected chi connectivity index (χ2v) is 14.5. The van der Waals surface area contributed by atoms with Crippen molar-refractivity contribution in [1.29, 1.82) is 0 Å². The third-order valence-corrected chi connectivity index (χ3v) is 8.43. The number of aliphatic hydroxyl groups is 1. The van der Waals surface area contributed by atoms with Gasteiger partial charge in [0.15, 0.2) is 6.10 Å². The van der Waals surface area contributed by atoms with Crippen LogP contribution in [-0.2, 0) is 23.9 Å². The highest BCUT2D eigenvalue weighted by atomic mass is 16.6. The maximum atomic E-state index is 14.0. The Kier molecular flexibility index (Phi) is 8.65. The highest BCUT2D eigenvalue weighted by Gasteiger charge is 2.57. The van der Waals surface area contributed by atoms with Crippen LogP contribution in [0.2, 0.25) is 0 Å². The van der Waals surface area contributed by atoms with Crippen LogP contribution in [0, 0.1) is 16.7 Å². The molecular weight excluding hydrogens is 530 g/mol. The number of ether oxygens (including phenoxy) is 1. The number of likely N-dealkylation sites (tertiary alicyclic amines) is 1. The topological polar surface area (TPSA) is 166 Å². The van der Waals surface area contributed by atoms with Crippen molar-refractivity contribution in [1.82, 2.24) is 26.2 Å². The molecule has 1 spiro atoms. The van der Waals surface area contributed by atoms with Crippen LogP contribution in [0.25, 0.3) is 0 Å². The number of alkyl carbamates (subject to hydrolysis) is 1. The van der Waals surface area contributed by atoms with E-state index in [1.165, 1.54) is 4.90 Å². The summed E-state index contributed by atoms with van der Waals surface area (Å²) in [5.74, 6) is -2.05. The summed E-state index contributed by atoms with van der Waals surface area (Å²) < 4.78 is 5.41. The Hall–Kier alpha value is -2.89. The molecule has 0 bridgehead atoms. The van der Waals surface area contributed by atoms with Crippen molar-refractivity contribution in [3.8, 4) is 0 Å². The van der Waals surface area contributed by atoms with Crippen molar-refractivity contribution in [2.75, 3.05) is 13.1 Å². The van der Waals surface area contributed by atoms with Gasteiger partial charge in [-0.3, -0.25) is 19.2 Å². The highest BCUT2D eigenvalue weighted by molar-refractivity contribution is 5.93. The minimum Gasteiger partial charge on any atom is -0.444 e. The summed E-state index contributed by atoms with van der Waals surface area (Å²) >= 11 is 0. The quantitative estimate of drug-likeness (QED) is 0.272.